The maximum Gasteiger partial charge on any atom is 0.159 e. The third-order valence-corrected chi connectivity index (χ3v) is 5.64. The summed E-state index contributed by atoms with van der Waals surface area (Å²) in [6, 6.07) is 14.1. The first kappa shape index (κ1) is 18.3. The number of rotatable bonds is 4. The van der Waals surface area contributed by atoms with Gasteiger partial charge < -0.3 is 9.80 Å². The minimum Gasteiger partial charge on any atom is -0.368 e. The van der Waals surface area contributed by atoms with E-state index in [1.54, 1.807) is 13.3 Å². The molecule has 1 aliphatic heterocycles. The SMILES string of the molecule is CC(=O)c1cccc(N2CCN(c3ncnc4ccc(-c5cn[nH]c5)cc34)CC2)c1. The van der Waals surface area contributed by atoms with Crippen LogP contribution in [0.3, 0.4) is 0 Å². The van der Waals surface area contributed by atoms with Crippen molar-refractivity contribution in [2.45, 2.75) is 6.92 Å². The number of aromatic amines is 1. The van der Waals surface area contributed by atoms with Gasteiger partial charge in [0.25, 0.3) is 0 Å². The van der Waals surface area contributed by atoms with E-state index in [1.165, 1.54) is 0 Å². The quantitative estimate of drug-likeness (QED) is 0.530. The van der Waals surface area contributed by atoms with Gasteiger partial charge in [0.2, 0.25) is 0 Å². The first-order valence-electron chi connectivity index (χ1n) is 10.0. The molecule has 2 aromatic heterocycles. The fourth-order valence-corrected chi connectivity index (χ4v) is 3.98. The van der Waals surface area contributed by atoms with E-state index >= 15 is 0 Å². The Hall–Kier alpha value is -3.74. The molecule has 30 heavy (non-hydrogen) atoms. The fraction of sp³-hybridized carbons (Fsp3) is 0.217. The van der Waals surface area contributed by atoms with Gasteiger partial charge in [-0.15, -0.1) is 0 Å². The molecule has 7 nitrogen and oxygen atoms in total. The largest absolute Gasteiger partial charge is 0.368 e. The van der Waals surface area contributed by atoms with E-state index in [-0.39, 0.29) is 5.78 Å². The van der Waals surface area contributed by atoms with Crippen molar-refractivity contribution in [3.63, 3.8) is 0 Å². The van der Waals surface area contributed by atoms with Crippen LogP contribution >= 0.6 is 0 Å². The van der Waals surface area contributed by atoms with Crippen LogP contribution in [0.1, 0.15) is 17.3 Å². The molecule has 0 amide bonds. The summed E-state index contributed by atoms with van der Waals surface area (Å²) < 4.78 is 0. The first-order valence-corrected chi connectivity index (χ1v) is 10.0. The molecule has 1 saturated heterocycles. The summed E-state index contributed by atoms with van der Waals surface area (Å²) in [6.45, 7) is 5.05. The maximum absolute atomic E-state index is 11.7. The lowest BCUT2D eigenvalue weighted by Crippen LogP contribution is -2.47. The van der Waals surface area contributed by atoms with Crippen LogP contribution < -0.4 is 9.80 Å². The zero-order valence-corrected chi connectivity index (χ0v) is 16.7. The number of benzene rings is 2. The molecule has 5 rings (SSSR count). The number of Topliss-reactive ketones (excluding diaryl/α,β-unsaturated/α-hetero) is 1. The molecule has 0 radical (unpaired) electrons. The standard InChI is InChI=1S/C23H22N6O/c1-16(30)17-3-2-4-20(11-17)28-7-9-29(10-8-28)23-21-12-18(19-13-26-27-14-19)5-6-22(21)24-15-25-23/h2-6,11-15H,7-10H2,1H3,(H,26,27). The predicted octanol–water partition coefficient (Wildman–Crippen LogP) is 3.55. The number of ketones is 1. The first-order chi connectivity index (χ1) is 14.7. The van der Waals surface area contributed by atoms with Crippen molar-refractivity contribution in [1.29, 1.82) is 0 Å². The second-order valence-electron chi connectivity index (χ2n) is 7.50. The van der Waals surface area contributed by atoms with Crippen molar-refractivity contribution in [2.24, 2.45) is 0 Å². The molecule has 1 N–H and O–H groups in total. The second-order valence-corrected chi connectivity index (χ2v) is 7.50. The van der Waals surface area contributed by atoms with Crippen molar-refractivity contribution in [3.8, 4) is 11.1 Å². The molecule has 0 atom stereocenters. The monoisotopic (exact) mass is 398 g/mol. The zero-order chi connectivity index (χ0) is 20.5. The molecule has 7 heteroatoms. The molecular weight excluding hydrogens is 376 g/mol. The Bertz CT molecular complexity index is 1200. The third kappa shape index (κ3) is 3.39. The molecule has 150 valence electrons. The number of nitrogens with one attached hydrogen (secondary N) is 1. The van der Waals surface area contributed by atoms with Crippen LogP contribution in [0.25, 0.3) is 22.0 Å². The summed E-state index contributed by atoms with van der Waals surface area (Å²) in [5.41, 5.74) is 4.92. The van der Waals surface area contributed by atoms with Gasteiger partial charge in [-0.05, 0) is 36.8 Å². The van der Waals surface area contributed by atoms with Gasteiger partial charge in [0.15, 0.2) is 5.78 Å². The summed E-state index contributed by atoms with van der Waals surface area (Å²) in [6.07, 6.45) is 5.34. The summed E-state index contributed by atoms with van der Waals surface area (Å²) in [5, 5.41) is 7.96. The van der Waals surface area contributed by atoms with Crippen LogP contribution in [0.2, 0.25) is 0 Å². The van der Waals surface area contributed by atoms with E-state index in [1.807, 2.05) is 36.7 Å². The highest BCUT2D eigenvalue weighted by Crippen LogP contribution is 2.29. The van der Waals surface area contributed by atoms with Crippen molar-refractivity contribution in [3.05, 3.63) is 66.7 Å². The second kappa shape index (κ2) is 7.59. The summed E-state index contributed by atoms with van der Waals surface area (Å²) in [5.74, 6) is 1.05. The topological polar surface area (TPSA) is 78.0 Å². The Labute approximate surface area is 174 Å². The number of anilines is 2. The molecule has 0 unspecified atom stereocenters. The fourth-order valence-electron chi connectivity index (χ4n) is 3.98. The molecule has 0 bridgehead atoms. The molecule has 1 fully saturated rings. The van der Waals surface area contributed by atoms with Gasteiger partial charge in [0.1, 0.15) is 12.1 Å². The molecule has 0 aliphatic carbocycles. The Morgan fingerprint density at radius 1 is 0.967 bits per heavy atom. The Balaban J connectivity index is 1.40. The molecule has 0 saturated carbocycles. The maximum atomic E-state index is 11.7. The van der Waals surface area contributed by atoms with Gasteiger partial charge in [-0.1, -0.05) is 18.2 Å². The van der Waals surface area contributed by atoms with Gasteiger partial charge in [0.05, 0.1) is 11.7 Å². The molecule has 0 spiro atoms. The molecule has 1 aliphatic rings. The Morgan fingerprint density at radius 2 is 1.80 bits per heavy atom. The number of aromatic nitrogens is 4. The lowest BCUT2D eigenvalue weighted by atomic mass is 10.1. The van der Waals surface area contributed by atoms with Gasteiger partial charge >= 0.3 is 0 Å². The number of carbonyl (C=O) groups is 1. The normalized spacial score (nSPS) is 14.3. The van der Waals surface area contributed by atoms with Crippen molar-refractivity contribution in [1.82, 2.24) is 20.2 Å². The van der Waals surface area contributed by atoms with E-state index in [9.17, 15) is 4.79 Å². The molecule has 4 aromatic rings. The lowest BCUT2D eigenvalue weighted by Gasteiger charge is -2.37. The van der Waals surface area contributed by atoms with Gasteiger partial charge in [-0.3, -0.25) is 9.89 Å². The van der Waals surface area contributed by atoms with E-state index in [2.05, 4.69) is 48.2 Å². The highest BCUT2D eigenvalue weighted by molar-refractivity contribution is 5.95. The zero-order valence-electron chi connectivity index (χ0n) is 16.7. The Morgan fingerprint density at radius 3 is 2.57 bits per heavy atom. The van der Waals surface area contributed by atoms with Gasteiger partial charge in [-0.2, -0.15) is 5.10 Å². The van der Waals surface area contributed by atoms with Gasteiger partial charge in [0, 0.05) is 54.6 Å². The van der Waals surface area contributed by atoms with E-state index in [4.69, 9.17) is 0 Å². The molecule has 3 heterocycles. The van der Waals surface area contributed by atoms with Crippen LogP contribution in [0.4, 0.5) is 11.5 Å². The third-order valence-electron chi connectivity index (χ3n) is 5.64. The minimum absolute atomic E-state index is 0.0939. The summed E-state index contributed by atoms with van der Waals surface area (Å²) in [4.78, 5) is 25.4. The summed E-state index contributed by atoms with van der Waals surface area (Å²) in [7, 11) is 0. The lowest BCUT2D eigenvalue weighted by molar-refractivity contribution is 0.101. The van der Waals surface area contributed by atoms with Crippen molar-refractivity contribution in [2.75, 3.05) is 36.0 Å². The van der Waals surface area contributed by atoms with E-state index in [0.717, 1.165) is 65.3 Å². The van der Waals surface area contributed by atoms with Gasteiger partial charge in [-0.25, -0.2) is 9.97 Å². The van der Waals surface area contributed by atoms with E-state index < -0.39 is 0 Å². The molecular formula is C23H22N6O. The number of hydrogen-bond donors (Lipinski definition) is 1. The van der Waals surface area contributed by atoms with Crippen LogP contribution in [0.5, 0.6) is 0 Å². The van der Waals surface area contributed by atoms with Crippen LogP contribution in [-0.4, -0.2) is 52.1 Å². The number of piperazine rings is 1. The number of carbonyl (C=O) groups excluding carboxylic acids is 1. The van der Waals surface area contributed by atoms with Crippen molar-refractivity contribution < 1.29 is 4.79 Å². The number of H-pyrrole nitrogens is 1. The average Bonchev–Trinajstić information content (AvgIpc) is 3.34. The molecule has 2 aromatic carbocycles. The number of hydrogen-bond acceptors (Lipinski definition) is 6. The van der Waals surface area contributed by atoms with Crippen LogP contribution in [-0.2, 0) is 0 Å². The highest BCUT2D eigenvalue weighted by Gasteiger charge is 2.21. The number of nitrogens with zero attached hydrogens (tertiary/aromatic N) is 5. The number of fused-ring (bicyclic) bond motifs is 1. The van der Waals surface area contributed by atoms with Crippen LogP contribution in [0.15, 0.2) is 61.2 Å². The van der Waals surface area contributed by atoms with Crippen molar-refractivity contribution >= 4 is 28.2 Å². The minimum atomic E-state index is 0.0939. The predicted molar refractivity (Wildman–Crippen MR) is 118 cm³/mol. The summed E-state index contributed by atoms with van der Waals surface area (Å²) >= 11 is 0. The highest BCUT2D eigenvalue weighted by atomic mass is 16.1. The smallest absolute Gasteiger partial charge is 0.159 e. The van der Waals surface area contributed by atoms with E-state index in [0.29, 0.717) is 0 Å². The Kier molecular flexibility index (Phi) is 4.63. The average molecular weight is 398 g/mol. The van der Waals surface area contributed by atoms with Crippen LogP contribution in [0, 0.1) is 0 Å².